The van der Waals surface area contributed by atoms with Crippen LogP contribution in [-0.4, -0.2) is 77.8 Å². The molecule has 186 valence electrons. The van der Waals surface area contributed by atoms with Gasteiger partial charge < -0.3 is 15.1 Å². The number of carbonyl (C=O) groups excluding carboxylic acids is 1. The molecule has 1 aliphatic heterocycles. The molecular formula is C26H38N4O3S. The summed E-state index contributed by atoms with van der Waals surface area (Å²) >= 11 is 0. The van der Waals surface area contributed by atoms with Gasteiger partial charge in [0, 0.05) is 51.0 Å². The summed E-state index contributed by atoms with van der Waals surface area (Å²) in [5.41, 5.74) is 2.83. The highest BCUT2D eigenvalue weighted by Crippen LogP contribution is 2.24. The van der Waals surface area contributed by atoms with Crippen molar-refractivity contribution in [3.63, 3.8) is 0 Å². The molecular weight excluding hydrogens is 448 g/mol. The van der Waals surface area contributed by atoms with Crippen molar-refractivity contribution in [2.24, 2.45) is 5.92 Å². The van der Waals surface area contributed by atoms with Gasteiger partial charge in [-0.05, 0) is 62.7 Å². The van der Waals surface area contributed by atoms with Crippen LogP contribution in [0.4, 0.5) is 5.69 Å². The molecule has 1 heterocycles. The second-order valence-corrected chi connectivity index (χ2v) is 11.6. The van der Waals surface area contributed by atoms with Crippen molar-refractivity contribution >= 4 is 21.5 Å². The van der Waals surface area contributed by atoms with E-state index >= 15 is 0 Å². The molecule has 34 heavy (non-hydrogen) atoms. The molecule has 2 aromatic carbocycles. The van der Waals surface area contributed by atoms with Crippen LogP contribution in [0.15, 0.2) is 53.4 Å². The molecule has 8 heteroatoms. The van der Waals surface area contributed by atoms with Crippen molar-refractivity contribution in [3.8, 4) is 0 Å². The van der Waals surface area contributed by atoms with Crippen molar-refractivity contribution in [2.75, 3.05) is 59.3 Å². The molecule has 0 saturated carbocycles. The predicted octanol–water partition coefficient (Wildman–Crippen LogP) is 3.25. The van der Waals surface area contributed by atoms with E-state index < -0.39 is 10.0 Å². The molecule has 0 bridgehead atoms. The van der Waals surface area contributed by atoms with Crippen LogP contribution < -0.4 is 10.2 Å². The molecule has 1 fully saturated rings. The van der Waals surface area contributed by atoms with Gasteiger partial charge in [0.2, 0.25) is 10.0 Å². The van der Waals surface area contributed by atoms with Crippen LogP contribution in [0.5, 0.6) is 0 Å². The van der Waals surface area contributed by atoms with E-state index in [9.17, 15) is 13.2 Å². The number of rotatable bonds is 10. The molecule has 3 rings (SSSR count). The number of piperidine rings is 1. The molecule has 1 saturated heterocycles. The largest absolute Gasteiger partial charge is 0.378 e. The summed E-state index contributed by atoms with van der Waals surface area (Å²) in [7, 11) is 4.57. The predicted molar refractivity (Wildman–Crippen MR) is 138 cm³/mol. The molecule has 0 aromatic heterocycles. The van der Waals surface area contributed by atoms with E-state index in [4.69, 9.17) is 0 Å². The molecule has 7 nitrogen and oxygen atoms in total. The second kappa shape index (κ2) is 11.4. The minimum Gasteiger partial charge on any atom is -0.378 e. The molecule has 0 radical (unpaired) electrons. The van der Waals surface area contributed by atoms with E-state index in [1.165, 1.54) is 5.56 Å². The number of Topliss-reactive ketones (excluding diaryl/α,β-unsaturated/α-hetero) is 1. The van der Waals surface area contributed by atoms with Crippen molar-refractivity contribution in [3.05, 3.63) is 59.7 Å². The number of sulfonamides is 1. The lowest BCUT2D eigenvalue weighted by Gasteiger charge is -2.29. The topological polar surface area (TPSA) is 73.0 Å². The van der Waals surface area contributed by atoms with Crippen LogP contribution in [0.1, 0.15) is 41.7 Å². The van der Waals surface area contributed by atoms with Crippen molar-refractivity contribution in [1.82, 2.24) is 14.5 Å². The van der Waals surface area contributed by atoms with E-state index in [0.717, 1.165) is 18.5 Å². The van der Waals surface area contributed by atoms with Gasteiger partial charge in [-0.25, -0.2) is 8.42 Å². The first-order valence-corrected chi connectivity index (χ1v) is 13.3. The van der Waals surface area contributed by atoms with Gasteiger partial charge in [0.1, 0.15) is 0 Å². The summed E-state index contributed by atoms with van der Waals surface area (Å²) in [6.07, 6.45) is 1.77. The lowest BCUT2D eigenvalue weighted by atomic mass is 10.0. The number of nitrogens with one attached hydrogen (secondary N) is 1. The average Bonchev–Trinajstić information content (AvgIpc) is 2.82. The van der Waals surface area contributed by atoms with Gasteiger partial charge in [-0.1, -0.05) is 31.2 Å². The second-order valence-electron chi connectivity index (χ2n) is 9.63. The molecule has 0 aliphatic carbocycles. The van der Waals surface area contributed by atoms with E-state index in [0.29, 0.717) is 31.1 Å². The van der Waals surface area contributed by atoms with E-state index in [2.05, 4.69) is 46.3 Å². The van der Waals surface area contributed by atoms with Crippen LogP contribution >= 0.6 is 0 Å². The fourth-order valence-electron chi connectivity index (χ4n) is 4.20. The Balaban J connectivity index is 1.57. The highest BCUT2D eigenvalue weighted by Gasteiger charge is 2.28. The maximum atomic E-state index is 12.9. The first kappa shape index (κ1) is 26.3. The number of nitrogens with zero attached hydrogens (tertiary/aromatic N) is 3. The number of anilines is 1. The normalized spacial score (nSPS) is 16.5. The Hall–Kier alpha value is -2.26. The lowest BCUT2D eigenvalue weighted by Crippen LogP contribution is -2.37. The van der Waals surface area contributed by atoms with Gasteiger partial charge >= 0.3 is 0 Å². The Labute approximate surface area is 204 Å². The summed E-state index contributed by atoms with van der Waals surface area (Å²) in [5, 5.41) is 3.27. The number of benzene rings is 2. The number of hydrogen-bond acceptors (Lipinski definition) is 6. The van der Waals surface area contributed by atoms with Gasteiger partial charge in [0.05, 0.1) is 11.4 Å². The summed E-state index contributed by atoms with van der Waals surface area (Å²) in [5.74, 6) is 0.500. The Morgan fingerprint density at radius 1 is 1.00 bits per heavy atom. The number of carbonyl (C=O) groups is 1. The Morgan fingerprint density at radius 2 is 1.59 bits per heavy atom. The summed E-state index contributed by atoms with van der Waals surface area (Å²) in [6, 6.07) is 14.9. The number of likely N-dealkylation sites (N-methyl/N-ethyl adjacent to an activating group) is 1. The van der Waals surface area contributed by atoms with Crippen LogP contribution in [0.25, 0.3) is 0 Å². The zero-order valence-electron chi connectivity index (χ0n) is 21.0. The number of ketones is 1. The number of hydrogen-bond donors (Lipinski definition) is 1. The highest BCUT2D eigenvalue weighted by atomic mass is 32.2. The molecule has 0 spiro atoms. The van der Waals surface area contributed by atoms with Crippen LogP contribution in [0.3, 0.4) is 0 Å². The van der Waals surface area contributed by atoms with Crippen LogP contribution in [0, 0.1) is 5.92 Å². The quantitative estimate of drug-likeness (QED) is 0.520. The van der Waals surface area contributed by atoms with Gasteiger partial charge in [-0.3, -0.25) is 4.79 Å². The molecule has 0 amide bonds. The summed E-state index contributed by atoms with van der Waals surface area (Å²) in [4.78, 5) is 17.2. The van der Waals surface area contributed by atoms with Gasteiger partial charge in [-0.15, -0.1) is 0 Å². The first-order valence-electron chi connectivity index (χ1n) is 11.9. The van der Waals surface area contributed by atoms with E-state index in [1.54, 1.807) is 28.6 Å². The van der Waals surface area contributed by atoms with Crippen molar-refractivity contribution < 1.29 is 13.2 Å². The third kappa shape index (κ3) is 6.44. The van der Waals surface area contributed by atoms with Crippen molar-refractivity contribution in [2.45, 2.75) is 30.7 Å². The maximum Gasteiger partial charge on any atom is 0.243 e. The minimum atomic E-state index is -3.51. The molecule has 1 N–H and O–H groups in total. The maximum absolute atomic E-state index is 12.9. The fraction of sp³-hybridized carbons (Fsp3) is 0.500. The molecule has 1 atom stereocenters. The van der Waals surface area contributed by atoms with Crippen LogP contribution in [-0.2, 0) is 10.0 Å². The minimum absolute atomic E-state index is 0.0591. The smallest absolute Gasteiger partial charge is 0.243 e. The van der Waals surface area contributed by atoms with Crippen molar-refractivity contribution in [1.29, 1.82) is 0 Å². The Morgan fingerprint density at radius 3 is 2.12 bits per heavy atom. The van der Waals surface area contributed by atoms with E-state index in [-0.39, 0.29) is 23.3 Å². The monoisotopic (exact) mass is 486 g/mol. The van der Waals surface area contributed by atoms with Gasteiger partial charge in [-0.2, -0.15) is 4.31 Å². The summed E-state index contributed by atoms with van der Waals surface area (Å²) < 4.78 is 27.4. The molecule has 1 unspecified atom stereocenters. The fourth-order valence-corrected chi connectivity index (χ4v) is 5.67. The average molecular weight is 487 g/mol. The molecule has 2 aromatic rings. The third-order valence-corrected chi connectivity index (χ3v) is 8.51. The van der Waals surface area contributed by atoms with Gasteiger partial charge in [0.15, 0.2) is 5.78 Å². The SMILES string of the molecule is CC1CCN(S(=O)(=O)c2ccc(C(=O)CNCC(c3ccc(N(C)C)cc3)N(C)C)cc2)CC1. The summed E-state index contributed by atoms with van der Waals surface area (Å²) in [6.45, 7) is 4.08. The van der Waals surface area contributed by atoms with Crippen LogP contribution in [0.2, 0.25) is 0 Å². The third-order valence-electron chi connectivity index (χ3n) is 6.60. The zero-order chi connectivity index (χ0) is 24.9. The highest BCUT2D eigenvalue weighted by molar-refractivity contribution is 7.89. The lowest BCUT2D eigenvalue weighted by molar-refractivity contribution is 0.0988. The first-order chi connectivity index (χ1) is 16.1. The standard InChI is InChI=1S/C26H38N4O3S/c1-20-14-16-30(17-15-20)34(32,33)24-12-8-22(9-13-24)26(31)19-27-18-25(29(4)5)21-6-10-23(11-7-21)28(2)3/h6-13,20,25,27H,14-19H2,1-5H3. The zero-order valence-corrected chi connectivity index (χ0v) is 21.8. The van der Waals surface area contributed by atoms with Gasteiger partial charge in [0.25, 0.3) is 0 Å². The van der Waals surface area contributed by atoms with E-state index in [1.807, 2.05) is 28.2 Å². The molecule has 1 aliphatic rings. The Bertz CT molecular complexity index is 1040. The Kier molecular flexibility index (Phi) is 8.87.